The van der Waals surface area contributed by atoms with Crippen LogP contribution in [0.1, 0.15) is 35.3 Å². The van der Waals surface area contributed by atoms with E-state index in [0.717, 1.165) is 16.7 Å². The smallest absolute Gasteiger partial charge is 0.331 e. The predicted octanol–water partition coefficient (Wildman–Crippen LogP) is 3.88. The number of carbonyl (C=O) groups excluding carboxylic acids is 2. The largest absolute Gasteiger partial charge is 0.463 e. The van der Waals surface area contributed by atoms with E-state index >= 15 is 0 Å². The highest BCUT2D eigenvalue weighted by Crippen LogP contribution is 2.24. The van der Waals surface area contributed by atoms with Crippen molar-refractivity contribution < 1.29 is 14.3 Å². The van der Waals surface area contributed by atoms with Crippen LogP contribution in [0.25, 0.3) is 5.57 Å². The minimum atomic E-state index is -0.378. The molecule has 0 saturated heterocycles. The number of hydrogen-bond donors (Lipinski definition) is 0. The highest BCUT2D eigenvalue weighted by Gasteiger charge is 2.09. The van der Waals surface area contributed by atoms with Crippen LogP contribution in [0.4, 0.5) is 0 Å². The third-order valence-corrected chi connectivity index (χ3v) is 3.24. The number of ether oxygens (including phenoxy) is 1. The predicted molar refractivity (Wildman–Crippen MR) is 86.6 cm³/mol. The monoisotopic (exact) mass is 294 g/mol. The summed E-state index contributed by atoms with van der Waals surface area (Å²) >= 11 is 0. The Morgan fingerprint density at radius 2 is 1.45 bits per heavy atom. The minimum Gasteiger partial charge on any atom is -0.463 e. The van der Waals surface area contributed by atoms with Gasteiger partial charge in [0.15, 0.2) is 5.78 Å². The van der Waals surface area contributed by atoms with E-state index in [9.17, 15) is 9.59 Å². The summed E-state index contributed by atoms with van der Waals surface area (Å²) in [5, 5.41) is 0. The van der Waals surface area contributed by atoms with Crippen molar-refractivity contribution >= 4 is 17.3 Å². The first-order valence-corrected chi connectivity index (χ1v) is 7.17. The first kappa shape index (κ1) is 15.7. The van der Waals surface area contributed by atoms with E-state index in [-0.39, 0.29) is 11.8 Å². The van der Waals surface area contributed by atoms with Crippen molar-refractivity contribution in [3.05, 3.63) is 77.4 Å². The Morgan fingerprint density at radius 1 is 0.909 bits per heavy atom. The summed E-state index contributed by atoms with van der Waals surface area (Å²) in [6, 6.07) is 16.8. The average Bonchev–Trinajstić information content (AvgIpc) is 2.54. The summed E-state index contributed by atoms with van der Waals surface area (Å²) in [7, 11) is 0. The summed E-state index contributed by atoms with van der Waals surface area (Å²) in [4.78, 5) is 23.2. The first-order valence-electron chi connectivity index (χ1n) is 7.17. The van der Waals surface area contributed by atoms with Gasteiger partial charge in [-0.2, -0.15) is 0 Å². The van der Waals surface area contributed by atoms with Crippen LogP contribution in [0, 0.1) is 0 Å². The van der Waals surface area contributed by atoms with Crippen LogP contribution < -0.4 is 0 Å². The Balaban J connectivity index is 2.44. The van der Waals surface area contributed by atoms with Gasteiger partial charge < -0.3 is 4.74 Å². The van der Waals surface area contributed by atoms with Crippen LogP contribution in [0.15, 0.2) is 60.7 Å². The highest BCUT2D eigenvalue weighted by molar-refractivity contribution is 5.97. The number of carbonyl (C=O) groups is 2. The normalized spacial score (nSPS) is 11.1. The van der Waals surface area contributed by atoms with Crippen LogP contribution in [-0.4, -0.2) is 18.4 Å². The Morgan fingerprint density at radius 3 is 2.00 bits per heavy atom. The minimum absolute atomic E-state index is 0.0159. The van der Waals surface area contributed by atoms with E-state index in [1.807, 2.05) is 42.5 Å². The van der Waals surface area contributed by atoms with Gasteiger partial charge in [0.05, 0.1) is 6.61 Å². The van der Waals surface area contributed by atoms with E-state index in [1.54, 1.807) is 19.1 Å². The molecule has 0 bridgehead atoms. The molecule has 0 N–H and O–H groups in total. The molecule has 0 fully saturated rings. The van der Waals surface area contributed by atoms with Crippen molar-refractivity contribution in [3.63, 3.8) is 0 Å². The molecule has 3 heteroatoms. The zero-order chi connectivity index (χ0) is 15.9. The van der Waals surface area contributed by atoms with Gasteiger partial charge in [-0.3, -0.25) is 4.79 Å². The van der Waals surface area contributed by atoms with Gasteiger partial charge in [-0.25, -0.2) is 4.79 Å². The number of rotatable bonds is 5. The van der Waals surface area contributed by atoms with Gasteiger partial charge >= 0.3 is 5.97 Å². The third kappa shape index (κ3) is 3.92. The lowest BCUT2D eigenvalue weighted by atomic mass is 9.96. The molecule has 2 aromatic rings. The summed E-state index contributed by atoms with van der Waals surface area (Å²) < 4.78 is 5.01. The second-order valence-electron chi connectivity index (χ2n) is 4.81. The molecule has 2 rings (SSSR count). The Kier molecular flexibility index (Phi) is 5.26. The highest BCUT2D eigenvalue weighted by atomic mass is 16.5. The number of benzene rings is 2. The molecular weight excluding hydrogens is 276 g/mol. The van der Waals surface area contributed by atoms with Gasteiger partial charge in [-0.05, 0) is 30.5 Å². The second kappa shape index (κ2) is 7.36. The van der Waals surface area contributed by atoms with E-state index < -0.39 is 0 Å². The molecule has 0 aliphatic rings. The summed E-state index contributed by atoms with van der Waals surface area (Å²) in [5.74, 6) is -0.362. The van der Waals surface area contributed by atoms with E-state index in [1.165, 1.54) is 13.0 Å². The van der Waals surface area contributed by atoms with Crippen LogP contribution in [0.5, 0.6) is 0 Å². The Hall–Kier alpha value is -2.68. The second-order valence-corrected chi connectivity index (χ2v) is 4.81. The molecule has 112 valence electrons. The van der Waals surface area contributed by atoms with Crippen molar-refractivity contribution in [2.45, 2.75) is 13.8 Å². The molecule has 0 amide bonds. The quantitative estimate of drug-likeness (QED) is 0.477. The molecule has 0 atom stereocenters. The zero-order valence-electron chi connectivity index (χ0n) is 12.7. The number of Topliss-reactive ketones (excluding diaryl/α,β-unsaturated/α-hetero) is 1. The van der Waals surface area contributed by atoms with Crippen LogP contribution in [0.3, 0.4) is 0 Å². The Labute approximate surface area is 130 Å². The van der Waals surface area contributed by atoms with Gasteiger partial charge in [0, 0.05) is 11.6 Å². The van der Waals surface area contributed by atoms with Crippen LogP contribution >= 0.6 is 0 Å². The average molecular weight is 294 g/mol. The Bertz CT molecular complexity index is 682. The van der Waals surface area contributed by atoms with Gasteiger partial charge in [0.25, 0.3) is 0 Å². The first-order chi connectivity index (χ1) is 10.6. The topological polar surface area (TPSA) is 43.4 Å². The summed E-state index contributed by atoms with van der Waals surface area (Å²) in [5.41, 5.74) is 3.21. The molecule has 0 spiro atoms. The molecule has 0 heterocycles. The molecule has 3 nitrogen and oxygen atoms in total. The summed E-state index contributed by atoms with van der Waals surface area (Å²) in [6.45, 7) is 3.64. The maximum absolute atomic E-state index is 11.8. The number of ketones is 1. The summed E-state index contributed by atoms with van der Waals surface area (Å²) in [6.07, 6.45) is 1.49. The van der Waals surface area contributed by atoms with Gasteiger partial charge in [0.2, 0.25) is 0 Å². The fourth-order valence-electron chi connectivity index (χ4n) is 2.14. The molecular formula is C19H18O3. The molecule has 0 aliphatic heterocycles. The SMILES string of the molecule is CCOC(=O)/C=C(/c1ccccc1)c1ccc(C(C)=O)cc1. The molecule has 0 saturated carbocycles. The van der Waals surface area contributed by atoms with E-state index in [4.69, 9.17) is 4.74 Å². The lowest BCUT2D eigenvalue weighted by Crippen LogP contribution is -2.02. The van der Waals surface area contributed by atoms with Crippen molar-refractivity contribution in [2.24, 2.45) is 0 Å². The molecule has 0 aliphatic carbocycles. The van der Waals surface area contributed by atoms with Crippen molar-refractivity contribution in [1.29, 1.82) is 0 Å². The molecule has 22 heavy (non-hydrogen) atoms. The van der Waals surface area contributed by atoms with Gasteiger partial charge in [0.1, 0.15) is 0 Å². The molecule has 2 aromatic carbocycles. The van der Waals surface area contributed by atoms with E-state index in [0.29, 0.717) is 12.2 Å². The molecule has 0 unspecified atom stereocenters. The molecule has 0 radical (unpaired) electrons. The maximum atomic E-state index is 11.8. The van der Waals surface area contributed by atoms with Gasteiger partial charge in [-0.15, -0.1) is 0 Å². The van der Waals surface area contributed by atoms with Crippen LogP contribution in [0.2, 0.25) is 0 Å². The zero-order valence-corrected chi connectivity index (χ0v) is 12.7. The third-order valence-electron chi connectivity index (χ3n) is 3.24. The van der Waals surface area contributed by atoms with Gasteiger partial charge in [-0.1, -0.05) is 54.6 Å². The lowest BCUT2D eigenvalue weighted by molar-refractivity contribution is -0.137. The molecule has 0 aromatic heterocycles. The lowest BCUT2D eigenvalue weighted by Gasteiger charge is -2.09. The van der Waals surface area contributed by atoms with E-state index in [2.05, 4.69) is 0 Å². The standard InChI is InChI=1S/C19H18O3/c1-3-22-19(21)13-18(16-7-5-4-6-8-16)17-11-9-15(10-12-17)14(2)20/h4-13H,3H2,1-2H3/b18-13-. The van der Waals surface area contributed by atoms with Crippen molar-refractivity contribution in [3.8, 4) is 0 Å². The van der Waals surface area contributed by atoms with Crippen LogP contribution in [-0.2, 0) is 9.53 Å². The fourth-order valence-corrected chi connectivity index (χ4v) is 2.14. The maximum Gasteiger partial charge on any atom is 0.331 e. The number of esters is 1. The van der Waals surface area contributed by atoms with Crippen molar-refractivity contribution in [2.75, 3.05) is 6.61 Å². The fraction of sp³-hybridized carbons (Fsp3) is 0.158. The van der Waals surface area contributed by atoms with Crippen molar-refractivity contribution in [1.82, 2.24) is 0 Å². The number of hydrogen-bond acceptors (Lipinski definition) is 3.